The number of methoxy groups -OCH3 is 1. The Morgan fingerprint density at radius 3 is 2.73 bits per heavy atom. The first-order valence-electron chi connectivity index (χ1n) is 8.28. The molecule has 1 saturated heterocycles. The van der Waals surface area contributed by atoms with Crippen LogP contribution in [0.5, 0.6) is 5.75 Å². The van der Waals surface area contributed by atoms with Crippen LogP contribution in [0.25, 0.3) is 0 Å². The van der Waals surface area contributed by atoms with Gasteiger partial charge in [-0.15, -0.1) is 24.8 Å². The third-order valence-corrected chi connectivity index (χ3v) is 4.19. The molecule has 1 heterocycles. The molecule has 0 aliphatic carbocycles. The van der Waals surface area contributed by atoms with Crippen LogP contribution in [-0.2, 0) is 0 Å². The minimum Gasteiger partial charge on any atom is -0.497 e. The van der Waals surface area contributed by atoms with E-state index >= 15 is 0 Å². The van der Waals surface area contributed by atoms with Crippen LogP contribution in [0, 0.1) is 0 Å². The molecule has 1 aliphatic heterocycles. The Morgan fingerprint density at radius 1 is 1.19 bits per heavy atom. The van der Waals surface area contributed by atoms with Gasteiger partial charge in [-0.05, 0) is 43.7 Å². The van der Waals surface area contributed by atoms with E-state index in [9.17, 15) is 4.79 Å². The smallest absolute Gasteiger partial charge is 0.253 e. The van der Waals surface area contributed by atoms with Crippen LogP contribution in [0.15, 0.2) is 48.5 Å². The van der Waals surface area contributed by atoms with Crippen LogP contribution < -0.4 is 20.7 Å². The summed E-state index contributed by atoms with van der Waals surface area (Å²) < 4.78 is 5.24. The van der Waals surface area contributed by atoms with Gasteiger partial charge in [-0.25, -0.2) is 0 Å². The van der Waals surface area contributed by atoms with Crippen molar-refractivity contribution in [2.45, 2.75) is 18.9 Å². The highest BCUT2D eigenvalue weighted by atomic mass is 35.5. The first-order chi connectivity index (χ1) is 11.8. The monoisotopic (exact) mass is 397 g/mol. The SMILES string of the molecule is COc1cccc(Nc2ccccc2C(=O)NCC2CCCN2)c1.Cl.Cl. The van der Waals surface area contributed by atoms with Crippen LogP contribution >= 0.6 is 24.8 Å². The Bertz CT molecular complexity index is 707. The van der Waals surface area contributed by atoms with E-state index in [2.05, 4.69) is 16.0 Å². The van der Waals surface area contributed by atoms with Gasteiger partial charge in [0.05, 0.1) is 18.4 Å². The minimum absolute atomic E-state index is 0. The van der Waals surface area contributed by atoms with Crippen LogP contribution in [0.2, 0.25) is 0 Å². The van der Waals surface area contributed by atoms with Crippen molar-refractivity contribution in [3.05, 3.63) is 54.1 Å². The van der Waals surface area contributed by atoms with Crippen molar-refractivity contribution in [3.8, 4) is 5.75 Å². The molecular formula is C19H25Cl2N3O2. The number of ether oxygens (including phenoxy) is 1. The van der Waals surface area contributed by atoms with Gasteiger partial charge in [0, 0.05) is 24.3 Å². The van der Waals surface area contributed by atoms with Crippen molar-refractivity contribution in [1.29, 1.82) is 0 Å². The van der Waals surface area contributed by atoms with E-state index < -0.39 is 0 Å². The van der Waals surface area contributed by atoms with E-state index in [4.69, 9.17) is 4.74 Å². The molecular weight excluding hydrogens is 373 g/mol. The number of rotatable bonds is 6. The van der Waals surface area contributed by atoms with Crippen molar-refractivity contribution in [2.75, 3.05) is 25.5 Å². The van der Waals surface area contributed by atoms with E-state index in [-0.39, 0.29) is 30.7 Å². The van der Waals surface area contributed by atoms with Crippen molar-refractivity contribution in [2.24, 2.45) is 0 Å². The highest BCUT2D eigenvalue weighted by Crippen LogP contribution is 2.24. The van der Waals surface area contributed by atoms with Crippen molar-refractivity contribution >= 4 is 42.1 Å². The van der Waals surface area contributed by atoms with Crippen LogP contribution in [0.4, 0.5) is 11.4 Å². The molecule has 1 atom stereocenters. The van der Waals surface area contributed by atoms with Gasteiger partial charge in [-0.3, -0.25) is 4.79 Å². The van der Waals surface area contributed by atoms with Crippen molar-refractivity contribution < 1.29 is 9.53 Å². The van der Waals surface area contributed by atoms with Gasteiger partial charge in [0.1, 0.15) is 5.75 Å². The molecule has 7 heteroatoms. The molecule has 26 heavy (non-hydrogen) atoms. The third-order valence-electron chi connectivity index (χ3n) is 4.19. The highest BCUT2D eigenvalue weighted by Gasteiger charge is 2.16. The average Bonchev–Trinajstić information content (AvgIpc) is 3.14. The first-order valence-corrected chi connectivity index (χ1v) is 8.28. The second kappa shape index (κ2) is 10.9. The number of halogens is 2. The maximum Gasteiger partial charge on any atom is 0.253 e. The van der Waals surface area contributed by atoms with Gasteiger partial charge >= 0.3 is 0 Å². The van der Waals surface area contributed by atoms with Gasteiger partial charge < -0.3 is 20.7 Å². The van der Waals surface area contributed by atoms with E-state index in [0.29, 0.717) is 18.2 Å². The third kappa shape index (κ3) is 5.80. The summed E-state index contributed by atoms with van der Waals surface area (Å²) in [5, 5.41) is 9.71. The maximum absolute atomic E-state index is 12.5. The fourth-order valence-corrected chi connectivity index (χ4v) is 2.89. The van der Waals surface area contributed by atoms with Crippen molar-refractivity contribution in [1.82, 2.24) is 10.6 Å². The van der Waals surface area contributed by atoms with E-state index in [1.165, 1.54) is 6.42 Å². The molecule has 3 N–H and O–H groups in total. The summed E-state index contributed by atoms with van der Waals surface area (Å²) in [6, 6.07) is 15.6. The molecule has 0 radical (unpaired) electrons. The van der Waals surface area contributed by atoms with Gasteiger partial charge in [-0.2, -0.15) is 0 Å². The van der Waals surface area contributed by atoms with Crippen LogP contribution in [0.3, 0.4) is 0 Å². The summed E-state index contributed by atoms with van der Waals surface area (Å²) in [7, 11) is 1.64. The van der Waals surface area contributed by atoms with Gasteiger partial charge in [0.2, 0.25) is 0 Å². The zero-order valence-electron chi connectivity index (χ0n) is 14.7. The molecule has 2 aromatic rings. The Kier molecular flexibility index (Phi) is 9.27. The number of carbonyl (C=O) groups excluding carboxylic acids is 1. The lowest BCUT2D eigenvalue weighted by Gasteiger charge is -2.15. The quantitative estimate of drug-likeness (QED) is 0.694. The van der Waals surface area contributed by atoms with Gasteiger partial charge in [0.25, 0.3) is 5.91 Å². The molecule has 0 aromatic heterocycles. The molecule has 1 unspecified atom stereocenters. The fourth-order valence-electron chi connectivity index (χ4n) is 2.89. The Balaban J connectivity index is 0.00000169. The number of hydrogen-bond donors (Lipinski definition) is 3. The summed E-state index contributed by atoms with van der Waals surface area (Å²) in [6.45, 7) is 1.70. The lowest BCUT2D eigenvalue weighted by Crippen LogP contribution is -2.37. The van der Waals surface area contributed by atoms with Crippen LogP contribution in [-0.4, -0.2) is 32.1 Å². The summed E-state index contributed by atoms with van der Waals surface area (Å²) >= 11 is 0. The Labute approximate surface area is 166 Å². The first kappa shape index (κ1) is 22.1. The average molecular weight is 398 g/mol. The molecule has 1 aliphatic rings. The summed E-state index contributed by atoms with van der Waals surface area (Å²) in [5.74, 6) is 0.712. The minimum atomic E-state index is -0.0605. The second-order valence-electron chi connectivity index (χ2n) is 5.91. The normalized spacial score (nSPS) is 15.3. The number of hydrogen-bond acceptors (Lipinski definition) is 4. The maximum atomic E-state index is 12.5. The number of amides is 1. The molecule has 0 spiro atoms. The second-order valence-corrected chi connectivity index (χ2v) is 5.91. The number of para-hydroxylation sites is 1. The molecule has 3 rings (SSSR count). The summed E-state index contributed by atoms with van der Waals surface area (Å²) in [4.78, 5) is 12.5. The van der Waals surface area contributed by atoms with E-state index in [0.717, 1.165) is 30.1 Å². The number of anilines is 2. The lowest BCUT2D eigenvalue weighted by molar-refractivity contribution is 0.0951. The summed E-state index contributed by atoms with van der Waals surface area (Å²) in [5.41, 5.74) is 2.30. The lowest BCUT2D eigenvalue weighted by atomic mass is 10.1. The highest BCUT2D eigenvalue weighted by molar-refractivity contribution is 6.00. The molecule has 0 saturated carbocycles. The van der Waals surface area contributed by atoms with Crippen LogP contribution in [0.1, 0.15) is 23.2 Å². The predicted octanol–water partition coefficient (Wildman–Crippen LogP) is 3.76. The molecule has 2 aromatic carbocycles. The summed E-state index contributed by atoms with van der Waals surface area (Å²) in [6.07, 6.45) is 2.29. The van der Waals surface area contributed by atoms with Crippen molar-refractivity contribution in [3.63, 3.8) is 0 Å². The van der Waals surface area contributed by atoms with Gasteiger partial charge in [-0.1, -0.05) is 18.2 Å². The molecule has 142 valence electrons. The van der Waals surface area contributed by atoms with E-state index in [1.54, 1.807) is 7.11 Å². The van der Waals surface area contributed by atoms with Gasteiger partial charge in [0.15, 0.2) is 0 Å². The number of carbonyl (C=O) groups is 1. The number of benzene rings is 2. The molecule has 1 amide bonds. The zero-order valence-corrected chi connectivity index (χ0v) is 16.3. The topological polar surface area (TPSA) is 62.4 Å². The van der Waals surface area contributed by atoms with E-state index in [1.807, 2.05) is 48.5 Å². The largest absolute Gasteiger partial charge is 0.497 e. The number of nitrogens with one attached hydrogen (secondary N) is 3. The predicted molar refractivity (Wildman–Crippen MR) is 111 cm³/mol. The standard InChI is InChI=1S/C19H23N3O2.2ClH/c1-24-16-8-4-6-14(12-16)22-18-10-3-2-9-17(18)19(23)21-13-15-7-5-11-20-15;;/h2-4,6,8-10,12,15,20,22H,5,7,11,13H2,1H3,(H,21,23);2*1H. The molecule has 1 fully saturated rings. The Morgan fingerprint density at radius 2 is 2.00 bits per heavy atom. The zero-order chi connectivity index (χ0) is 16.8. The Hall–Kier alpha value is -1.95. The molecule has 0 bridgehead atoms. The fraction of sp³-hybridized carbons (Fsp3) is 0.316. The molecule has 5 nitrogen and oxygen atoms in total.